The predicted molar refractivity (Wildman–Crippen MR) is 94.0 cm³/mol. The molecule has 0 saturated heterocycles. The van der Waals surface area contributed by atoms with Gasteiger partial charge in [0, 0.05) is 16.1 Å². The van der Waals surface area contributed by atoms with Crippen molar-refractivity contribution in [3.05, 3.63) is 40.4 Å². The predicted octanol–water partition coefficient (Wildman–Crippen LogP) is 3.91. The number of rotatable bonds is 3. The first kappa shape index (κ1) is 16.8. The van der Waals surface area contributed by atoms with Crippen LogP contribution in [0.4, 0.5) is 10.8 Å². The third-order valence-corrected chi connectivity index (χ3v) is 5.05. The largest absolute Gasteiger partial charge is 0.399 e. The third-order valence-electron chi connectivity index (χ3n) is 4.01. The number of carbonyl (C=O) groups is 1. The van der Waals surface area contributed by atoms with Gasteiger partial charge in [0.1, 0.15) is 0 Å². The maximum absolute atomic E-state index is 12.2. The maximum Gasteiger partial charge on any atom is 0.257 e. The average molecular weight is 338 g/mol. The molecule has 1 unspecified atom stereocenters. The Morgan fingerprint density at radius 2 is 2.14 bits per heavy atom. The highest BCUT2D eigenvalue weighted by Crippen LogP contribution is 2.33. The Bertz CT molecular complexity index is 654. The second kappa shape index (κ2) is 7.11. The molecule has 6 heteroatoms. The Balaban J connectivity index is 0.00000176. The molecule has 3 N–H and O–H groups in total. The van der Waals surface area contributed by atoms with E-state index in [1.165, 1.54) is 17.7 Å². The van der Waals surface area contributed by atoms with Gasteiger partial charge in [-0.15, -0.1) is 23.7 Å². The van der Waals surface area contributed by atoms with Crippen LogP contribution in [0.2, 0.25) is 0 Å². The van der Waals surface area contributed by atoms with Crippen LogP contribution in [0.15, 0.2) is 24.3 Å². The summed E-state index contributed by atoms with van der Waals surface area (Å²) in [7, 11) is 0. The molecule has 2 aromatic rings. The molecule has 0 radical (unpaired) electrons. The first-order valence-corrected chi connectivity index (χ1v) is 8.13. The van der Waals surface area contributed by atoms with Crippen LogP contribution >= 0.6 is 23.7 Å². The van der Waals surface area contributed by atoms with Crippen LogP contribution in [0.3, 0.4) is 0 Å². The van der Waals surface area contributed by atoms with Crippen LogP contribution in [0.1, 0.15) is 40.7 Å². The zero-order valence-electron chi connectivity index (χ0n) is 12.5. The number of hydrogen-bond acceptors (Lipinski definition) is 4. The molecule has 0 bridgehead atoms. The number of aromatic nitrogens is 1. The summed E-state index contributed by atoms with van der Waals surface area (Å²) in [6.45, 7) is 2.24. The number of carbonyl (C=O) groups excluding carboxylic acids is 1. The van der Waals surface area contributed by atoms with Crippen molar-refractivity contribution >= 4 is 40.5 Å². The van der Waals surface area contributed by atoms with Gasteiger partial charge in [0.15, 0.2) is 5.13 Å². The van der Waals surface area contributed by atoms with Gasteiger partial charge < -0.3 is 5.73 Å². The fourth-order valence-electron chi connectivity index (χ4n) is 2.65. The van der Waals surface area contributed by atoms with Gasteiger partial charge in [0.05, 0.1) is 5.69 Å². The molecule has 1 atom stereocenters. The number of aryl methyl sites for hydroxylation is 1. The molecule has 1 amide bonds. The molecule has 22 heavy (non-hydrogen) atoms. The number of anilines is 2. The van der Waals surface area contributed by atoms with E-state index >= 15 is 0 Å². The molecule has 0 saturated carbocycles. The van der Waals surface area contributed by atoms with Gasteiger partial charge in [-0.05, 0) is 49.4 Å². The lowest BCUT2D eigenvalue weighted by atomic mass is 9.89. The zero-order valence-corrected chi connectivity index (χ0v) is 14.1. The highest BCUT2D eigenvalue weighted by atomic mass is 35.5. The molecule has 0 fully saturated rings. The number of nitrogens with zero attached hydrogens (tertiary/aromatic N) is 1. The van der Waals surface area contributed by atoms with E-state index in [-0.39, 0.29) is 18.3 Å². The summed E-state index contributed by atoms with van der Waals surface area (Å²) in [6, 6.07) is 6.91. The average Bonchev–Trinajstić information content (AvgIpc) is 2.88. The Morgan fingerprint density at radius 1 is 1.41 bits per heavy atom. The van der Waals surface area contributed by atoms with E-state index in [0.717, 1.165) is 24.5 Å². The second-order valence-electron chi connectivity index (χ2n) is 5.48. The van der Waals surface area contributed by atoms with E-state index < -0.39 is 0 Å². The van der Waals surface area contributed by atoms with Gasteiger partial charge in [0.25, 0.3) is 5.91 Å². The number of fused-ring (bicyclic) bond motifs is 1. The minimum Gasteiger partial charge on any atom is -0.399 e. The number of nitrogens with two attached hydrogens (primary N) is 1. The van der Waals surface area contributed by atoms with Crippen molar-refractivity contribution in [3.8, 4) is 0 Å². The lowest BCUT2D eigenvalue weighted by Crippen LogP contribution is -2.12. The van der Waals surface area contributed by atoms with E-state index in [2.05, 4.69) is 17.2 Å². The highest BCUT2D eigenvalue weighted by Gasteiger charge is 2.22. The van der Waals surface area contributed by atoms with E-state index in [1.807, 2.05) is 0 Å². The smallest absolute Gasteiger partial charge is 0.257 e. The summed E-state index contributed by atoms with van der Waals surface area (Å²) in [5, 5.41) is 3.60. The summed E-state index contributed by atoms with van der Waals surface area (Å²) >= 11 is 1.61. The Kier molecular flexibility index (Phi) is 5.42. The summed E-state index contributed by atoms with van der Waals surface area (Å²) in [4.78, 5) is 18.1. The van der Waals surface area contributed by atoms with Crippen molar-refractivity contribution in [2.24, 2.45) is 5.92 Å². The number of halogens is 1. The first-order valence-electron chi connectivity index (χ1n) is 7.31. The van der Waals surface area contributed by atoms with E-state index in [4.69, 9.17) is 5.73 Å². The van der Waals surface area contributed by atoms with Crippen molar-refractivity contribution < 1.29 is 4.79 Å². The number of hydrogen-bond donors (Lipinski definition) is 2. The molecular weight excluding hydrogens is 318 g/mol. The van der Waals surface area contributed by atoms with Crippen molar-refractivity contribution in [2.75, 3.05) is 11.1 Å². The van der Waals surface area contributed by atoms with E-state index in [9.17, 15) is 4.79 Å². The van der Waals surface area contributed by atoms with Crippen molar-refractivity contribution in [1.29, 1.82) is 0 Å². The fourth-order valence-corrected chi connectivity index (χ4v) is 3.77. The standard InChI is InChI=1S/C16H19N3OS.ClH/c1-2-10-3-8-13-14(9-10)21-16(18-13)19-15(20)11-4-6-12(17)7-5-11;/h4-7,10H,2-3,8-9,17H2,1H3,(H,18,19,20);1H. The first-order chi connectivity index (χ1) is 10.2. The van der Waals surface area contributed by atoms with Crippen LogP contribution in [0.5, 0.6) is 0 Å². The van der Waals surface area contributed by atoms with Crippen molar-refractivity contribution in [2.45, 2.75) is 32.6 Å². The SMILES string of the molecule is CCC1CCc2nc(NC(=O)c3ccc(N)cc3)sc2C1.Cl. The molecular formula is C16H20ClN3OS. The summed E-state index contributed by atoms with van der Waals surface area (Å²) in [5.41, 5.74) is 8.05. The Morgan fingerprint density at radius 3 is 2.82 bits per heavy atom. The molecule has 1 aliphatic carbocycles. The minimum atomic E-state index is -0.131. The fraction of sp³-hybridized carbons (Fsp3) is 0.375. The maximum atomic E-state index is 12.2. The van der Waals surface area contributed by atoms with Crippen LogP contribution < -0.4 is 11.1 Å². The Hall–Kier alpha value is -1.59. The van der Waals surface area contributed by atoms with Gasteiger partial charge in [0.2, 0.25) is 0 Å². The van der Waals surface area contributed by atoms with Gasteiger partial charge in [-0.25, -0.2) is 4.98 Å². The van der Waals surface area contributed by atoms with Gasteiger partial charge in [-0.1, -0.05) is 13.3 Å². The molecule has 1 aliphatic rings. The van der Waals surface area contributed by atoms with Gasteiger partial charge in [-0.2, -0.15) is 0 Å². The molecule has 1 aromatic heterocycles. The number of thiazole rings is 1. The van der Waals surface area contributed by atoms with Crippen molar-refractivity contribution in [1.82, 2.24) is 4.98 Å². The highest BCUT2D eigenvalue weighted by molar-refractivity contribution is 7.15. The molecule has 0 aliphatic heterocycles. The van der Waals surface area contributed by atoms with Gasteiger partial charge in [-0.3, -0.25) is 10.1 Å². The quantitative estimate of drug-likeness (QED) is 0.834. The molecule has 3 rings (SSSR count). The number of benzene rings is 1. The number of nitrogens with one attached hydrogen (secondary N) is 1. The third kappa shape index (κ3) is 3.59. The van der Waals surface area contributed by atoms with Crippen LogP contribution in [-0.4, -0.2) is 10.9 Å². The molecule has 0 spiro atoms. The number of nitrogen functional groups attached to an aromatic ring is 1. The molecule has 1 heterocycles. The molecule has 4 nitrogen and oxygen atoms in total. The normalized spacial score (nSPS) is 16.5. The zero-order chi connectivity index (χ0) is 14.8. The Labute approximate surface area is 140 Å². The lowest BCUT2D eigenvalue weighted by Gasteiger charge is -2.18. The van der Waals surface area contributed by atoms with E-state index in [1.54, 1.807) is 35.6 Å². The minimum absolute atomic E-state index is 0. The monoisotopic (exact) mass is 337 g/mol. The summed E-state index contributed by atoms with van der Waals surface area (Å²) in [5.74, 6) is 0.631. The van der Waals surface area contributed by atoms with Crippen LogP contribution in [-0.2, 0) is 12.8 Å². The van der Waals surface area contributed by atoms with Gasteiger partial charge >= 0.3 is 0 Å². The summed E-state index contributed by atoms with van der Waals surface area (Å²) < 4.78 is 0. The lowest BCUT2D eigenvalue weighted by molar-refractivity contribution is 0.102. The van der Waals surface area contributed by atoms with Crippen LogP contribution in [0.25, 0.3) is 0 Å². The molecule has 118 valence electrons. The topological polar surface area (TPSA) is 68.0 Å². The summed E-state index contributed by atoms with van der Waals surface area (Å²) in [6.07, 6.45) is 4.55. The molecule has 1 aromatic carbocycles. The second-order valence-corrected chi connectivity index (χ2v) is 6.57. The van der Waals surface area contributed by atoms with Crippen molar-refractivity contribution in [3.63, 3.8) is 0 Å². The number of amides is 1. The van der Waals surface area contributed by atoms with Crippen LogP contribution in [0, 0.1) is 5.92 Å². The van der Waals surface area contributed by atoms with E-state index in [0.29, 0.717) is 16.4 Å².